The summed E-state index contributed by atoms with van der Waals surface area (Å²) < 4.78 is 0. The van der Waals surface area contributed by atoms with Crippen molar-refractivity contribution in [2.24, 2.45) is 0 Å². The summed E-state index contributed by atoms with van der Waals surface area (Å²) in [6.07, 6.45) is 47.2. The highest BCUT2D eigenvalue weighted by molar-refractivity contribution is 7.60. The minimum Gasteiger partial charge on any atom is -0.0971 e. The zero-order valence-electron chi connectivity index (χ0n) is 29.0. The van der Waals surface area contributed by atoms with Gasteiger partial charge in [-0.15, -0.1) is 0 Å². The van der Waals surface area contributed by atoms with Gasteiger partial charge in [0.15, 0.2) is 0 Å². The third kappa shape index (κ3) is 11.6. The van der Waals surface area contributed by atoms with Crippen LogP contribution in [0.15, 0.2) is 36.4 Å². The zero-order valence-corrected chi connectivity index (χ0v) is 30.8. The minimum atomic E-state index is 0.385. The fourth-order valence-corrected chi connectivity index (χ4v) is 19.8. The second-order valence-electron chi connectivity index (χ2n) is 15.8. The molecule has 0 atom stereocenters. The van der Waals surface area contributed by atoms with Gasteiger partial charge in [-0.05, 0) is 111 Å². The molecule has 0 radical (unpaired) electrons. The molecule has 6 aliphatic carbocycles. The Hall–Kier alpha value is 0.0800. The van der Waals surface area contributed by atoms with Crippen LogP contribution < -0.4 is 0 Å². The van der Waals surface area contributed by atoms with Gasteiger partial charge in [0.05, 0.1) is 0 Å². The fourth-order valence-electron chi connectivity index (χ4n) is 10.4. The topological polar surface area (TPSA) is 0 Å². The summed E-state index contributed by atoms with van der Waals surface area (Å²) in [4.78, 5) is 0. The second kappa shape index (κ2) is 21.1. The van der Waals surface area contributed by atoms with Crippen LogP contribution in [0.1, 0.15) is 193 Å². The van der Waals surface area contributed by atoms with E-state index in [9.17, 15) is 0 Å². The molecule has 0 amide bonds. The molecule has 0 nitrogen and oxygen atoms in total. The van der Waals surface area contributed by atoms with E-state index in [2.05, 4.69) is 0 Å². The highest BCUT2D eigenvalue weighted by Crippen LogP contribution is 2.63. The van der Waals surface area contributed by atoms with Crippen molar-refractivity contribution >= 4 is 15.8 Å². The Morgan fingerprint density at radius 2 is 0.341 bits per heavy atom. The molecule has 0 bridgehead atoms. The second-order valence-corrected chi connectivity index (χ2v) is 22.0. The molecule has 0 saturated heterocycles. The van der Waals surface area contributed by atoms with E-state index in [1.54, 1.807) is 154 Å². The van der Waals surface area contributed by atoms with Crippen LogP contribution in [0.25, 0.3) is 0 Å². The Morgan fingerprint density at radius 1 is 0.205 bits per heavy atom. The number of hydrogen-bond acceptors (Lipinski definition) is 0. The van der Waals surface area contributed by atoms with Gasteiger partial charge < -0.3 is 0 Å². The maximum atomic E-state index is 2.00. The monoisotopic (exact) mass is 639 g/mol. The summed E-state index contributed by atoms with van der Waals surface area (Å²) in [7, 11) is 0.770. The quantitative estimate of drug-likeness (QED) is 0.272. The van der Waals surface area contributed by atoms with Gasteiger partial charge in [0.1, 0.15) is 0 Å². The summed E-state index contributed by atoms with van der Waals surface area (Å²) in [6, 6.07) is 12.0. The molecule has 0 spiro atoms. The van der Waals surface area contributed by atoms with Gasteiger partial charge >= 0.3 is 0 Å². The molecule has 0 N–H and O–H groups in total. The van der Waals surface area contributed by atoms with Crippen molar-refractivity contribution in [2.45, 2.75) is 227 Å². The van der Waals surface area contributed by atoms with Crippen molar-refractivity contribution in [2.75, 3.05) is 0 Å². The van der Waals surface area contributed by atoms with E-state index in [1.165, 1.54) is 72.5 Å². The van der Waals surface area contributed by atoms with E-state index in [0.717, 1.165) is 0 Å². The normalized spacial score (nSPS) is 26.0. The molecule has 0 aliphatic heterocycles. The van der Waals surface area contributed by atoms with Gasteiger partial charge in [-0.2, -0.15) is 0 Å². The predicted octanol–water partition coefficient (Wildman–Crippen LogP) is 14.6. The first kappa shape index (κ1) is 35.4. The molecule has 44 heavy (non-hydrogen) atoms. The van der Waals surface area contributed by atoms with E-state index in [-0.39, 0.29) is 0 Å². The SMILES string of the molecule is C1CCC(P(C2CCCCC2)C2CCCCC2)CC1.C1CCC(P(C2CCCCC2)C2CCCCC2)CC1.c1ccccc1. The molecule has 0 aromatic heterocycles. The van der Waals surface area contributed by atoms with Crippen LogP contribution in [0.4, 0.5) is 0 Å². The Morgan fingerprint density at radius 3 is 0.477 bits per heavy atom. The molecular weight excluding hydrogens is 566 g/mol. The lowest BCUT2D eigenvalue weighted by molar-refractivity contribution is 0.460. The lowest BCUT2D eigenvalue weighted by Crippen LogP contribution is -2.28. The molecular formula is C42H72P2. The molecule has 1 aromatic rings. The van der Waals surface area contributed by atoms with Crippen molar-refractivity contribution in [3.05, 3.63) is 36.4 Å². The third-order valence-corrected chi connectivity index (χ3v) is 20.8. The van der Waals surface area contributed by atoms with Gasteiger partial charge in [-0.3, -0.25) is 0 Å². The van der Waals surface area contributed by atoms with Crippen molar-refractivity contribution in [1.29, 1.82) is 0 Å². The van der Waals surface area contributed by atoms with Crippen LogP contribution in [-0.4, -0.2) is 34.0 Å². The molecule has 0 heterocycles. The smallest absolute Gasteiger partial charge is 0.0204 e. The number of hydrogen-bond donors (Lipinski definition) is 0. The van der Waals surface area contributed by atoms with E-state index < -0.39 is 0 Å². The molecule has 7 rings (SSSR count). The lowest BCUT2D eigenvalue weighted by atomic mass is 9.99. The first-order valence-electron chi connectivity index (χ1n) is 20.4. The van der Waals surface area contributed by atoms with Crippen LogP contribution in [0, 0.1) is 0 Å². The Balaban J connectivity index is 0.000000147. The van der Waals surface area contributed by atoms with E-state index >= 15 is 0 Å². The first-order chi connectivity index (χ1) is 21.9. The molecule has 2 heteroatoms. The molecule has 250 valence electrons. The lowest BCUT2D eigenvalue weighted by Gasteiger charge is -2.44. The summed E-state index contributed by atoms with van der Waals surface area (Å²) in [5, 5.41) is 0. The zero-order chi connectivity index (χ0) is 30.1. The summed E-state index contributed by atoms with van der Waals surface area (Å²) in [5.41, 5.74) is 7.14. The number of rotatable bonds is 6. The molecule has 0 unspecified atom stereocenters. The molecule has 6 saturated carbocycles. The summed E-state index contributed by atoms with van der Waals surface area (Å²) in [6.45, 7) is 0. The van der Waals surface area contributed by atoms with Crippen molar-refractivity contribution in [3.63, 3.8) is 0 Å². The Bertz CT molecular complexity index is 637. The maximum Gasteiger partial charge on any atom is -0.0204 e. The van der Waals surface area contributed by atoms with Crippen LogP contribution in [-0.2, 0) is 0 Å². The maximum absolute atomic E-state index is 2.00. The van der Waals surface area contributed by atoms with Gasteiger partial charge in [-0.25, -0.2) is 0 Å². The van der Waals surface area contributed by atoms with E-state index in [1.807, 2.05) is 36.4 Å². The van der Waals surface area contributed by atoms with Crippen molar-refractivity contribution in [1.82, 2.24) is 0 Å². The van der Waals surface area contributed by atoms with Crippen molar-refractivity contribution in [3.8, 4) is 0 Å². The van der Waals surface area contributed by atoms with Gasteiger partial charge in [0.25, 0.3) is 0 Å². The Kier molecular flexibility index (Phi) is 17.0. The summed E-state index contributed by atoms with van der Waals surface area (Å²) >= 11 is 0. The van der Waals surface area contributed by atoms with E-state index in [4.69, 9.17) is 0 Å². The van der Waals surface area contributed by atoms with Crippen LogP contribution >= 0.6 is 15.8 Å². The largest absolute Gasteiger partial charge is 0.0971 e. The predicted molar refractivity (Wildman–Crippen MR) is 202 cm³/mol. The van der Waals surface area contributed by atoms with Gasteiger partial charge in [-0.1, -0.05) is 168 Å². The average molecular weight is 639 g/mol. The standard InChI is InChI=1S/2C18H33P.C6H6/c2*1-4-10-16(11-5-1)19(17-12-6-2-7-13-17)18-14-8-3-9-15-18;1-2-4-6-5-3-1/h2*16-18H,1-15H2;1-6H. The average Bonchev–Trinajstić information content (AvgIpc) is 3.13. The molecule has 6 aliphatic rings. The van der Waals surface area contributed by atoms with E-state index in [0.29, 0.717) is 15.8 Å². The minimum absolute atomic E-state index is 0.385. The van der Waals surface area contributed by atoms with Crippen LogP contribution in [0.5, 0.6) is 0 Å². The summed E-state index contributed by atoms with van der Waals surface area (Å²) in [5.74, 6) is 0. The van der Waals surface area contributed by atoms with Gasteiger partial charge in [0.2, 0.25) is 0 Å². The van der Waals surface area contributed by atoms with Gasteiger partial charge in [0, 0.05) is 0 Å². The van der Waals surface area contributed by atoms with Crippen LogP contribution in [0.3, 0.4) is 0 Å². The highest BCUT2D eigenvalue weighted by atomic mass is 31.1. The Labute approximate surface area is 278 Å². The third-order valence-electron chi connectivity index (χ3n) is 12.6. The molecule has 6 fully saturated rings. The first-order valence-corrected chi connectivity index (χ1v) is 23.5. The van der Waals surface area contributed by atoms with Crippen molar-refractivity contribution < 1.29 is 0 Å². The number of benzene rings is 1. The fraction of sp³-hybridized carbons (Fsp3) is 0.857. The molecule has 1 aromatic carbocycles. The highest BCUT2D eigenvalue weighted by Gasteiger charge is 2.37. The van der Waals surface area contributed by atoms with Crippen LogP contribution in [0.2, 0.25) is 0 Å².